The fourth-order valence-corrected chi connectivity index (χ4v) is 8.90. The van der Waals surface area contributed by atoms with E-state index in [1.165, 1.54) is 0 Å². The lowest BCUT2D eigenvalue weighted by Gasteiger charge is -2.09. The Morgan fingerprint density at radius 1 is 0.383 bits per heavy atom. The van der Waals surface area contributed by atoms with Crippen molar-refractivity contribution >= 4 is 54.4 Å². The third-order valence-electron chi connectivity index (χ3n) is 8.19. The largest absolute Gasteiger partial charge is 0.867 e. The summed E-state index contributed by atoms with van der Waals surface area (Å²) in [6, 6.07) is 65.6. The van der Waals surface area contributed by atoms with Crippen molar-refractivity contribution in [1.29, 1.82) is 0 Å². The maximum Gasteiger partial charge on any atom is 0.394 e. The van der Waals surface area contributed by atoms with Crippen LogP contribution in [0.1, 0.15) is 0 Å². The molecule has 0 atom stereocenters. The highest BCUT2D eigenvalue weighted by Gasteiger charge is 2.21. The highest BCUT2D eigenvalue weighted by molar-refractivity contribution is 8.00. The Kier molecular flexibility index (Phi) is 17.2. The first-order valence-electron chi connectivity index (χ1n) is 18.5. The van der Waals surface area contributed by atoms with Gasteiger partial charge in [0.1, 0.15) is 18.9 Å². The molecule has 0 saturated heterocycles. The minimum atomic E-state index is -3.17. The van der Waals surface area contributed by atoms with E-state index in [9.17, 15) is 4.32 Å². The first kappa shape index (κ1) is 44.1. The van der Waals surface area contributed by atoms with E-state index in [-0.39, 0.29) is 0 Å². The molecule has 2 heterocycles. The lowest BCUT2D eigenvalue weighted by atomic mass is 10.1. The van der Waals surface area contributed by atoms with Crippen LogP contribution in [-0.2, 0) is 0 Å². The number of benzene rings is 6. The van der Waals surface area contributed by atoms with E-state index in [2.05, 4.69) is 97.1 Å². The predicted molar refractivity (Wildman–Crippen MR) is 239 cm³/mol. The summed E-state index contributed by atoms with van der Waals surface area (Å²) in [5, 5.41) is 20.0. The SMILES string of the molecule is COc1ccc(-c2cc(Sc3ccccc3)[o+]c(Sc3ccccc3)c2)cc1.COc1ccc(-c2cc(Sc3ccccc3)[o+]c(Sc3ccccc3)c2)cc1.[O-]B([O-])F. The Labute approximate surface area is 367 Å². The molecule has 2 aromatic heterocycles. The Morgan fingerprint density at radius 3 is 0.833 bits per heavy atom. The second-order valence-corrected chi connectivity index (χ2v) is 16.7. The van der Waals surface area contributed by atoms with E-state index in [1.807, 2.05) is 97.1 Å². The van der Waals surface area contributed by atoms with Crippen molar-refractivity contribution in [2.24, 2.45) is 0 Å². The number of hydrogen-bond acceptors (Lipinski definition) is 8. The van der Waals surface area contributed by atoms with Crippen LogP contribution in [0.25, 0.3) is 22.3 Å². The molecule has 0 unspecified atom stereocenters. The summed E-state index contributed by atoms with van der Waals surface area (Å²) in [5.74, 6) is 1.70. The number of rotatable bonds is 12. The molecule has 0 saturated carbocycles. The van der Waals surface area contributed by atoms with Crippen molar-refractivity contribution < 1.29 is 32.7 Å². The Bertz CT molecular complexity index is 2190. The van der Waals surface area contributed by atoms with Crippen molar-refractivity contribution in [1.82, 2.24) is 0 Å². The molecular weight excluding hydrogens is 831 g/mol. The molecule has 0 amide bonds. The van der Waals surface area contributed by atoms with Gasteiger partial charge in [0.15, 0.2) is 0 Å². The summed E-state index contributed by atoms with van der Waals surface area (Å²) in [6.45, 7) is 0. The molecule has 0 bridgehead atoms. The fourth-order valence-electron chi connectivity index (χ4n) is 5.43. The minimum Gasteiger partial charge on any atom is -0.867 e. The van der Waals surface area contributed by atoms with Crippen LogP contribution in [0.5, 0.6) is 11.5 Å². The maximum atomic E-state index is 9.89. The molecule has 8 rings (SSSR count). The van der Waals surface area contributed by atoms with Crippen LogP contribution in [0, 0.1) is 0 Å². The second kappa shape index (κ2) is 23.4. The molecule has 60 heavy (non-hydrogen) atoms. The summed E-state index contributed by atoms with van der Waals surface area (Å²) >= 11 is 6.50. The van der Waals surface area contributed by atoms with Crippen molar-refractivity contribution in [2.75, 3.05) is 14.2 Å². The van der Waals surface area contributed by atoms with Gasteiger partial charge in [-0.05, 0) is 83.9 Å². The van der Waals surface area contributed by atoms with Gasteiger partial charge in [0, 0.05) is 77.8 Å². The third-order valence-corrected chi connectivity index (χ3v) is 11.8. The van der Waals surface area contributed by atoms with Gasteiger partial charge < -0.3 is 23.8 Å². The van der Waals surface area contributed by atoms with Crippen LogP contribution in [0.15, 0.2) is 243 Å². The van der Waals surface area contributed by atoms with Gasteiger partial charge in [0.2, 0.25) is 0 Å². The van der Waals surface area contributed by atoms with Crippen molar-refractivity contribution in [3.8, 4) is 33.8 Å². The fraction of sp³-hybridized carbons (Fsp3) is 0.0417. The summed E-state index contributed by atoms with van der Waals surface area (Å²) in [5.41, 5.74) is 4.49. The quantitative estimate of drug-likeness (QED) is 0.0874. The van der Waals surface area contributed by atoms with E-state index in [4.69, 9.17) is 28.4 Å². The topological polar surface area (TPSA) is 87.2 Å². The van der Waals surface area contributed by atoms with Gasteiger partial charge in [0.05, 0.1) is 38.5 Å². The van der Waals surface area contributed by atoms with Gasteiger partial charge in [-0.15, -0.1) is 0 Å². The van der Waals surface area contributed by atoms with Crippen LogP contribution in [0.4, 0.5) is 4.32 Å². The molecule has 0 spiro atoms. The van der Waals surface area contributed by atoms with Crippen LogP contribution in [-0.4, -0.2) is 21.6 Å². The molecule has 0 aliphatic rings. The monoisotopic (exact) mass is 868 g/mol. The Morgan fingerprint density at radius 2 is 0.617 bits per heavy atom. The second-order valence-electron chi connectivity index (χ2n) is 12.4. The summed E-state index contributed by atoms with van der Waals surface area (Å²) in [6.07, 6.45) is 0. The molecule has 0 aliphatic carbocycles. The molecule has 0 N–H and O–H groups in total. The Hall–Kier alpha value is -5.47. The molecule has 6 nitrogen and oxygen atoms in total. The molecule has 6 aromatic carbocycles. The van der Waals surface area contributed by atoms with Crippen molar-refractivity contribution in [2.45, 2.75) is 40.0 Å². The molecular formula is C48H38BFO6S4. The smallest absolute Gasteiger partial charge is 0.394 e. The van der Waals surface area contributed by atoms with Gasteiger partial charge in [-0.3, -0.25) is 0 Å². The van der Waals surface area contributed by atoms with Crippen LogP contribution in [0.2, 0.25) is 0 Å². The highest BCUT2D eigenvalue weighted by Crippen LogP contribution is 2.39. The van der Waals surface area contributed by atoms with Gasteiger partial charge in [0.25, 0.3) is 0 Å². The average Bonchev–Trinajstić information content (AvgIpc) is 3.28. The normalized spacial score (nSPS) is 10.3. The van der Waals surface area contributed by atoms with E-state index >= 15 is 0 Å². The lowest BCUT2D eigenvalue weighted by molar-refractivity contribution is -0.366. The first-order chi connectivity index (χ1) is 29.3. The van der Waals surface area contributed by atoms with Gasteiger partial charge >= 0.3 is 20.4 Å². The number of hydrogen-bond donors (Lipinski definition) is 0. The zero-order valence-corrected chi connectivity index (χ0v) is 35.8. The van der Waals surface area contributed by atoms with Crippen LogP contribution in [0.3, 0.4) is 0 Å². The van der Waals surface area contributed by atoms with Crippen molar-refractivity contribution in [3.63, 3.8) is 0 Å². The third kappa shape index (κ3) is 14.4. The predicted octanol–water partition coefficient (Wildman–Crippen LogP) is 12.7. The summed E-state index contributed by atoms with van der Waals surface area (Å²) in [4.78, 5) is 4.59. The van der Waals surface area contributed by atoms with E-state index in [0.29, 0.717) is 0 Å². The molecule has 12 heteroatoms. The molecule has 0 fully saturated rings. The van der Waals surface area contributed by atoms with Crippen molar-refractivity contribution in [3.05, 3.63) is 194 Å². The number of methoxy groups -OCH3 is 2. The highest BCUT2D eigenvalue weighted by atomic mass is 32.2. The summed E-state index contributed by atoms with van der Waals surface area (Å²) < 4.78 is 32.8. The zero-order valence-electron chi connectivity index (χ0n) is 32.5. The van der Waals surface area contributed by atoms with Crippen LogP contribution < -0.4 is 19.5 Å². The van der Waals surface area contributed by atoms with Crippen LogP contribution >= 0.6 is 47.0 Å². The van der Waals surface area contributed by atoms with E-state index in [0.717, 1.165) is 73.7 Å². The van der Waals surface area contributed by atoms with Gasteiger partial charge in [-0.2, -0.15) is 8.83 Å². The van der Waals surface area contributed by atoms with Gasteiger partial charge in [-0.25, -0.2) is 0 Å². The standard InChI is InChI=1S/2C24H19O2S2.BFO2/c2*1-25-20-14-12-18(13-15-20)19-16-23(27-21-8-4-2-5-9-21)26-24(17-19)28-22-10-6-3-7-11-22;2-1(3)4/h2*2-17H,1H3;/q2*+1;-2. The van der Waals surface area contributed by atoms with Gasteiger partial charge in [-0.1, -0.05) is 97.1 Å². The zero-order chi connectivity index (χ0) is 41.9. The number of halogens is 1. The minimum absolute atomic E-state index is 0.849. The van der Waals surface area contributed by atoms with E-state index in [1.54, 1.807) is 61.3 Å². The lowest BCUT2D eigenvalue weighted by Crippen LogP contribution is -2.39. The molecule has 300 valence electrons. The van der Waals surface area contributed by atoms with E-state index < -0.39 is 7.40 Å². The number of ether oxygens (including phenoxy) is 2. The maximum absolute atomic E-state index is 9.89. The molecule has 0 radical (unpaired) electrons. The first-order valence-corrected chi connectivity index (χ1v) is 21.7. The average molecular weight is 869 g/mol. The molecule has 8 aromatic rings. The molecule has 0 aliphatic heterocycles. The Balaban J connectivity index is 0.000000185. The summed E-state index contributed by atoms with van der Waals surface area (Å²) in [7, 11) is 0.194.